The smallest absolute Gasteiger partial charge is 0.306 e. The number of hydrogen-bond acceptors (Lipinski definition) is 10. The van der Waals surface area contributed by atoms with Crippen molar-refractivity contribution in [1.82, 2.24) is 30.6 Å². The summed E-state index contributed by atoms with van der Waals surface area (Å²) in [6, 6.07) is 7.88. The zero-order valence-electron chi connectivity index (χ0n) is 36.5. The van der Waals surface area contributed by atoms with E-state index in [2.05, 4.69) is 33.8 Å². The van der Waals surface area contributed by atoms with E-state index in [0.717, 1.165) is 66.6 Å². The van der Waals surface area contributed by atoms with Gasteiger partial charge in [0.2, 0.25) is 11.8 Å². The van der Waals surface area contributed by atoms with Gasteiger partial charge in [-0.2, -0.15) is 0 Å². The first-order chi connectivity index (χ1) is 29.7. The first-order valence-electron chi connectivity index (χ1n) is 21.0. The minimum absolute atomic E-state index is 0.0291. The Kier molecular flexibility index (Phi) is 15.9. The number of hydrogen-bond donors (Lipinski definition) is 4. The summed E-state index contributed by atoms with van der Waals surface area (Å²) < 4.78 is 9.79. The van der Waals surface area contributed by atoms with Crippen LogP contribution in [0.25, 0.3) is 56.5 Å². The fraction of sp³-hybridized carbons (Fsp3) is 0.375. The number of ether oxygens (including phenoxy) is 2. The van der Waals surface area contributed by atoms with Crippen LogP contribution in [0.15, 0.2) is 37.4 Å². The molecule has 0 spiro atoms. The first kappa shape index (κ1) is 46.4. The van der Waals surface area contributed by atoms with Crippen molar-refractivity contribution in [3.05, 3.63) is 82.5 Å². The maximum atomic E-state index is 13.1. The largest absolute Gasteiger partial charge is 0.466 e. The lowest BCUT2D eigenvalue weighted by atomic mass is 9.98. The standard InChI is InChI=1S/C48H56N6O8/c1-9-33-27(5)37-21-38-29(7)35(15-17-45(57)49-25-31(55)13-19-47(59)61-11-3)43(53-38)24-44-36(16-18-46(58)50-26-32(56)14-20-48(60)62-12-4)30(8)40(54-44)23-42-34(10-2)28(6)39(52-42)22-41(33)51-37/h9-10,21-24,51-52H,1-2,11-20,25-26H2,3-8H3,(H,49,57)(H,50,58). The lowest BCUT2D eigenvalue weighted by Crippen LogP contribution is -2.29. The number of fused-ring (bicyclic) bond motifs is 8. The Hall–Kier alpha value is -6.70. The van der Waals surface area contributed by atoms with Crippen LogP contribution in [0.1, 0.15) is 124 Å². The molecule has 0 radical (unpaired) electrons. The Morgan fingerprint density at radius 3 is 1.39 bits per heavy atom. The molecule has 8 bridgehead atoms. The molecular formula is C48H56N6O8. The predicted octanol–water partition coefficient (Wildman–Crippen LogP) is 7.70. The van der Waals surface area contributed by atoms with Gasteiger partial charge < -0.3 is 30.1 Å². The molecule has 3 aromatic rings. The maximum Gasteiger partial charge on any atom is 0.306 e. The SMILES string of the molecule is C=Cc1c(C)c2cc3[nH]c(cc4nc(cc5nc(cc1[nH]2)C(C)=C5CCC(=O)NCC(=O)CCC(=O)OCC)C(CCC(=O)NCC(=O)CCC(=O)OCC)=C4C)c(C)c3C=C. The van der Waals surface area contributed by atoms with Crippen molar-refractivity contribution in [3.63, 3.8) is 0 Å². The third-order valence-corrected chi connectivity index (χ3v) is 11.0. The average molecular weight is 845 g/mol. The summed E-state index contributed by atoms with van der Waals surface area (Å²) in [4.78, 5) is 91.8. The Labute approximate surface area is 361 Å². The number of nitrogens with zero attached hydrogens (tertiary/aromatic N) is 2. The molecule has 2 aliphatic rings. The number of aromatic amines is 2. The minimum Gasteiger partial charge on any atom is -0.466 e. The highest BCUT2D eigenvalue weighted by Crippen LogP contribution is 2.38. The molecule has 14 nitrogen and oxygen atoms in total. The van der Waals surface area contributed by atoms with Crippen LogP contribution in [0.5, 0.6) is 0 Å². The number of ketones is 2. The molecule has 0 fully saturated rings. The number of allylic oxidation sites excluding steroid dienone is 4. The molecule has 0 aliphatic carbocycles. The number of aryl methyl sites for hydroxylation is 2. The fourth-order valence-corrected chi connectivity index (χ4v) is 7.48. The Morgan fingerprint density at radius 1 is 0.565 bits per heavy atom. The van der Waals surface area contributed by atoms with Crippen LogP contribution in [0.2, 0.25) is 0 Å². The van der Waals surface area contributed by atoms with E-state index < -0.39 is 11.9 Å². The Balaban J connectivity index is 1.54. The van der Waals surface area contributed by atoms with Gasteiger partial charge in [0.1, 0.15) is 0 Å². The van der Waals surface area contributed by atoms with Crippen molar-refractivity contribution < 1.29 is 38.2 Å². The van der Waals surface area contributed by atoms with Crippen LogP contribution >= 0.6 is 0 Å². The molecule has 5 heterocycles. The predicted molar refractivity (Wildman–Crippen MR) is 242 cm³/mol. The quantitative estimate of drug-likeness (QED) is 0.0817. The van der Waals surface area contributed by atoms with E-state index in [1.54, 1.807) is 19.9 Å². The van der Waals surface area contributed by atoms with Crippen molar-refractivity contribution in [2.75, 3.05) is 26.3 Å². The third kappa shape index (κ3) is 11.4. The summed E-state index contributed by atoms with van der Waals surface area (Å²) >= 11 is 0. The number of H-pyrrole nitrogens is 2. The number of Topliss-reactive ketones (excluding diaryl/α,β-unsaturated/α-hetero) is 2. The first-order valence-corrected chi connectivity index (χ1v) is 21.0. The van der Waals surface area contributed by atoms with Crippen molar-refractivity contribution in [3.8, 4) is 0 Å². The van der Waals surface area contributed by atoms with Crippen molar-refractivity contribution in [2.24, 2.45) is 0 Å². The van der Waals surface area contributed by atoms with E-state index >= 15 is 0 Å². The molecule has 0 aromatic carbocycles. The molecule has 0 unspecified atom stereocenters. The van der Waals surface area contributed by atoms with Crippen LogP contribution < -0.4 is 10.6 Å². The lowest BCUT2D eigenvalue weighted by molar-refractivity contribution is -0.144. The second kappa shape index (κ2) is 21.2. The van der Waals surface area contributed by atoms with E-state index in [9.17, 15) is 28.8 Å². The van der Waals surface area contributed by atoms with Gasteiger partial charge in [-0.15, -0.1) is 0 Å². The van der Waals surface area contributed by atoms with Gasteiger partial charge in [0.15, 0.2) is 11.6 Å². The van der Waals surface area contributed by atoms with E-state index in [1.165, 1.54) is 0 Å². The van der Waals surface area contributed by atoms with Crippen molar-refractivity contribution in [1.29, 1.82) is 0 Å². The van der Waals surface area contributed by atoms with Crippen LogP contribution in [0.4, 0.5) is 0 Å². The summed E-state index contributed by atoms with van der Waals surface area (Å²) in [5.41, 5.74) is 13.1. The Morgan fingerprint density at radius 2 is 0.968 bits per heavy atom. The molecule has 5 rings (SSSR count). The number of aromatic nitrogens is 4. The molecule has 2 aliphatic heterocycles. The second-order valence-electron chi connectivity index (χ2n) is 15.2. The van der Waals surface area contributed by atoms with Gasteiger partial charge in [0, 0.05) is 58.9 Å². The number of rotatable bonds is 20. The molecule has 3 aromatic heterocycles. The number of carbonyl (C=O) groups is 6. The van der Waals surface area contributed by atoms with Gasteiger partial charge >= 0.3 is 11.9 Å². The van der Waals surface area contributed by atoms with Crippen LogP contribution in [-0.4, -0.2) is 81.6 Å². The highest BCUT2D eigenvalue weighted by Gasteiger charge is 2.23. The molecule has 14 heteroatoms. The van der Waals surface area contributed by atoms with Gasteiger partial charge in [-0.1, -0.05) is 25.3 Å². The van der Waals surface area contributed by atoms with Gasteiger partial charge in [0.05, 0.1) is 61.9 Å². The summed E-state index contributed by atoms with van der Waals surface area (Å²) in [7, 11) is 0. The Bertz CT molecular complexity index is 2550. The van der Waals surface area contributed by atoms with Crippen LogP contribution in [-0.2, 0) is 38.2 Å². The molecule has 0 saturated carbocycles. The summed E-state index contributed by atoms with van der Waals surface area (Å²) in [5.74, 6) is -2.13. The van der Waals surface area contributed by atoms with Crippen molar-refractivity contribution >= 4 is 91.8 Å². The normalized spacial score (nSPS) is 12.2. The molecule has 2 amide bonds. The van der Waals surface area contributed by atoms with Crippen LogP contribution in [0, 0.1) is 13.8 Å². The summed E-state index contributed by atoms with van der Waals surface area (Å²) in [5, 5.41) is 5.37. The van der Waals surface area contributed by atoms with Gasteiger partial charge in [-0.3, -0.25) is 28.8 Å². The summed E-state index contributed by atoms with van der Waals surface area (Å²) in [6.45, 7) is 19.6. The van der Waals surface area contributed by atoms with E-state index in [0.29, 0.717) is 35.6 Å². The molecule has 4 N–H and O–H groups in total. The summed E-state index contributed by atoms with van der Waals surface area (Å²) in [6.07, 6.45) is 4.21. The lowest BCUT2D eigenvalue weighted by Gasteiger charge is -2.08. The number of carbonyl (C=O) groups excluding carboxylic acids is 6. The third-order valence-electron chi connectivity index (χ3n) is 11.0. The maximum absolute atomic E-state index is 13.1. The number of amides is 2. The van der Waals surface area contributed by atoms with Gasteiger partial charge in [-0.05, 0) is 112 Å². The number of nitrogens with one attached hydrogen (secondary N) is 4. The van der Waals surface area contributed by atoms with Gasteiger partial charge in [0.25, 0.3) is 0 Å². The zero-order valence-corrected chi connectivity index (χ0v) is 36.5. The van der Waals surface area contributed by atoms with E-state index in [-0.39, 0.29) is 88.2 Å². The van der Waals surface area contributed by atoms with Crippen LogP contribution in [0.3, 0.4) is 0 Å². The highest BCUT2D eigenvalue weighted by molar-refractivity contribution is 5.98. The molecule has 0 saturated heterocycles. The monoisotopic (exact) mass is 844 g/mol. The molecule has 326 valence electrons. The highest BCUT2D eigenvalue weighted by atomic mass is 16.5. The zero-order chi connectivity index (χ0) is 45.1. The second-order valence-corrected chi connectivity index (χ2v) is 15.2. The van der Waals surface area contributed by atoms with Gasteiger partial charge in [-0.25, -0.2) is 9.97 Å². The molecule has 62 heavy (non-hydrogen) atoms. The number of esters is 2. The van der Waals surface area contributed by atoms with E-state index in [1.807, 2.05) is 58.0 Å². The van der Waals surface area contributed by atoms with E-state index in [4.69, 9.17) is 19.4 Å². The molecular weight excluding hydrogens is 789 g/mol. The fourth-order valence-electron chi connectivity index (χ4n) is 7.48. The molecule has 0 atom stereocenters. The average Bonchev–Trinajstić information content (AvgIpc) is 3.91. The minimum atomic E-state index is -0.461. The topological polar surface area (TPSA) is 202 Å². The van der Waals surface area contributed by atoms with Crippen molar-refractivity contribution in [2.45, 2.75) is 92.9 Å².